The number of benzene rings is 2. The molecule has 30 heavy (non-hydrogen) atoms. The molecular formula is C22H19FN4O2S. The van der Waals surface area contributed by atoms with E-state index in [4.69, 9.17) is 4.74 Å². The number of carbonyl (C=O) groups is 1. The molecule has 0 spiro atoms. The van der Waals surface area contributed by atoms with Crippen molar-refractivity contribution in [3.8, 4) is 5.75 Å². The van der Waals surface area contributed by atoms with Crippen LogP contribution in [0.15, 0.2) is 42.5 Å². The molecule has 6 nitrogen and oxygen atoms in total. The summed E-state index contributed by atoms with van der Waals surface area (Å²) in [7, 11) is 1.50. The van der Waals surface area contributed by atoms with E-state index in [1.165, 1.54) is 13.2 Å². The Morgan fingerprint density at radius 2 is 2.13 bits per heavy atom. The molecule has 152 valence electrons. The predicted octanol–water partition coefficient (Wildman–Crippen LogP) is 4.26. The molecular weight excluding hydrogens is 403 g/mol. The van der Waals surface area contributed by atoms with Crippen molar-refractivity contribution in [2.45, 2.75) is 19.4 Å². The largest absolute Gasteiger partial charge is 0.497 e. The van der Waals surface area contributed by atoms with Crippen molar-refractivity contribution in [2.24, 2.45) is 0 Å². The number of H-pyrrole nitrogens is 1. The number of nitrogens with zero attached hydrogens (tertiary/aromatic N) is 3. The zero-order chi connectivity index (χ0) is 20.8. The zero-order valence-electron chi connectivity index (χ0n) is 16.5. The van der Waals surface area contributed by atoms with Gasteiger partial charge in [0.15, 0.2) is 0 Å². The maximum absolute atomic E-state index is 15.2. The lowest BCUT2D eigenvalue weighted by molar-refractivity contribution is 0.0693. The minimum absolute atomic E-state index is 0.188. The van der Waals surface area contributed by atoms with Gasteiger partial charge in [-0.05, 0) is 48.6 Å². The van der Waals surface area contributed by atoms with E-state index in [-0.39, 0.29) is 5.91 Å². The summed E-state index contributed by atoms with van der Waals surface area (Å²) in [5.41, 5.74) is 3.95. The smallest absolute Gasteiger partial charge is 0.268 e. The third kappa shape index (κ3) is 2.87. The van der Waals surface area contributed by atoms with Crippen LogP contribution < -0.4 is 4.74 Å². The van der Waals surface area contributed by atoms with Gasteiger partial charge in [0.05, 0.1) is 12.8 Å². The normalized spacial score (nSPS) is 16.0. The van der Waals surface area contributed by atoms with Gasteiger partial charge in [-0.1, -0.05) is 22.7 Å². The molecule has 1 atom stereocenters. The molecule has 1 aliphatic heterocycles. The first-order valence-electron chi connectivity index (χ1n) is 9.61. The lowest BCUT2D eigenvalue weighted by Crippen LogP contribution is -2.41. The third-order valence-corrected chi connectivity index (χ3v) is 6.46. The number of fused-ring (bicyclic) bond motifs is 3. The molecule has 0 saturated carbocycles. The van der Waals surface area contributed by atoms with E-state index in [2.05, 4.69) is 20.6 Å². The first-order chi connectivity index (χ1) is 14.6. The molecule has 0 saturated heterocycles. The summed E-state index contributed by atoms with van der Waals surface area (Å²) >= 11 is 1.07. The predicted molar refractivity (Wildman–Crippen MR) is 112 cm³/mol. The molecule has 0 unspecified atom stereocenters. The number of para-hydroxylation sites is 1. The maximum atomic E-state index is 15.2. The van der Waals surface area contributed by atoms with Crippen LogP contribution in [0.1, 0.15) is 38.2 Å². The summed E-state index contributed by atoms with van der Waals surface area (Å²) in [5.74, 6) is -0.167. The van der Waals surface area contributed by atoms with Crippen LogP contribution >= 0.6 is 11.5 Å². The highest BCUT2D eigenvalue weighted by Gasteiger charge is 2.37. The monoisotopic (exact) mass is 422 g/mol. The summed E-state index contributed by atoms with van der Waals surface area (Å²) in [5, 5.41) is 5.08. The van der Waals surface area contributed by atoms with Gasteiger partial charge in [0.1, 0.15) is 22.5 Å². The lowest BCUT2D eigenvalue weighted by Gasteiger charge is -2.36. The molecule has 3 heterocycles. The summed E-state index contributed by atoms with van der Waals surface area (Å²) in [6, 6.07) is 12.2. The molecule has 8 heteroatoms. The molecule has 1 amide bonds. The van der Waals surface area contributed by atoms with Gasteiger partial charge >= 0.3 is 0 Å². The van der Waals surface area contributed by atoms with E-state index in [1.54, 1.807) is 24.0 Å². The standard InChI is InChI=1S/C22H19FN4O2S/c1-12-21(30-26-25-12)22(28)27-10-9-15-14-5-3-4-6-18(14)24-19(15)20(27)16-8-7-13(29-2)11-17(16)23/h3-8,11,20,24H,9-10H2,1-2H3/t20-/m0/s1. The first kappa shape index (κ1) is 18.7. The number of methoxy groups -OCH3 is 1. The van der Waals surface area contributed by atoms with E-state index >= 15 is 4.39 Å². The van der Waals surface area contributed by atoms with Crippen molar-refractivity contribution in [1.82, 2.24) is 19.5 Å². The van der Waals surface area contributed by atoms with Crippen LogP contribution in [-0.4, -0.2) is 39.0 Å². The quantitative estimate of drug-likeness (QED) is 0.535. The highest BCUT2D eigenvalue weighted by molar-refractivity contribution is 7.07. The average molecular weight is 422 g/mol. The number of carbonyl (C=O) groups excluding carboxylic acids is 1. The second-order valence-electron chi connectivity index (χ2n) is 7.29. The van der Waals surface area contributed by atoms with Crippen LogP contribution in [0.2, 0.25) is 0 Å². The van der Waals surface area contributed by atoms with E-state index in [1.807, 2.05) is 18.2 Å². The third-order valence-electron chi connectivity index (χ3n) is 5.64. The second-order valence-corrected chi connectivity index (χ2v) is 8.04. The fourth-order valence-electron chi connectivity index (χ4n) is 4.20. The highest BCUT2D eigenvalue weighted by Crippen LogP contribution is 2.40. The number of nitrogens with one attached hydrogen (secondary N) is 1. The summed E-state index contributed by atoms with van der Waals surface area (Å²) in [6.07, 6.45) is 0.685. The van der Waals surface area contributed by atoms with Crippen LogP contribution in [0.3, 0.4) is 0 Å². The van der Waals surface area contributed by atoms with Gasteiger partial charge in [0.2, 0.25) is 0 Å². The first-order valence-corrected chi connectivity index (χ1v) is 10.4. The number of amides is 1. The number of rotatable bonds is 3. The molecule has 2 aromatic heterocycles. The van der Waals surface area contributed by atoms with Crippen molar-refractivity contribution < 1.29 is 13.9 Å². The summed E-state index contributed by atoms with van der Waals surface area (Å²) in [4.78, 5) is 19.1. The molecule has 0 fully saturated rings. The van der Waals surface area contributed by atoms with Crippen molar-refractivity contribution in [1.29, 1.82) is 0 Å². The minimum atomic E-state index is -0.582. The number of hydrogen-bond donors (Lipinski definition) is 1. The molecule has 1 N–H and O–H groups in total. The SMILES string of the molecule is COc1ccc([C@H]2c3[nH]c4ccccc4c3CCN2C(=O)c2snnc2C)c(F)c1. The number of hydrogen-bond acceptors (Lipinski definition) is 5. The Hall–Kier alpha value is -3.26. The number of aromatic amines is 1. The fraction of sp³-hybridized carbons (Fsp3) is 0.227. The van der Waals surface area contributed by atoms with Crippen molar-refractivity contribution in [3.05, 3.63) is 75.7 Å². The van der Waals surface area contributed by atoms with Gasteiger partial charge in [0, 0.05) is 34.8 Å². The van der Waals surface area contributed by atoms with Crippen LogP contribution in [0, 0.1) is 12.7 Å². The Morgan fingerprint density at radius 1 is 1.30 bits per heavy atom. The number of aromatic nitrogens is 3. The molecule has 4 aromatic rings. The van der Waals surface area contributed by atoms with E-state index in [0.29, 0.717) is 34.8 Å². The van der Waals surface area contributed by atoms with Gasteiger partial charge in [-0.2, -0.15) is 0 Å². The van der Waals surface area contributed by atoms with Crippen LogP contribution in [0.4, 0.5) is 4.39 Å². The minimum Gasteiger partial charge on any atom is -0.497 e. The van der Waals surface area contributed by atoms with Crippen LogP contribution in [-0.2, 0) is 6.42 Å². The zero-order valence-corrected chi connectivity index (χ0v) is 17.3. The van der Waals surface area contributed by atoms with E-state index in [9.17, 15) is 4.79 Å². The molecule has 1 aliphatic rings. The van der Waals surface area contributed by atoms with Gasteiger partial charge in [0.25, 0.3) is 5.91 Å². The van der Waals surface area contributed by atoms with Gasteiger partial charge in [-0.25, -0.2) is 4.39 Å². The molecule has 0 bridgehead atoms. The van der Waals surface area contributed by atoms with E-state index < -0.39 is 11.9 Å². The van der Waals surface area contributed by atoms with Crippen molar-refractivity contribution in [3.63, 3.8) is 0 Å². The molecule has 5 rings (SSSR count). The highest BCUT2D eigenvalue weighted by atomic mass is 32.1. The maximum Gasteiger partial charge on any atom is 0.268 e. The second kappa shape index (κ2) is 7.21. The molecule has 0 aliphatic carbocycles. The lowest BCUT2D eigenvalue weighted by atomic mass is 9.91. The number of ether oxygens (including phenoxy) is 1. The van der Waals surface area contributed by atoms with E-state index in [0.717, 1.165) is 33.7 Å². The Kier molecular flexibility index (Phi) is 4.51. The Morgan fingerprint density at radius 3 is 2.87 bits per heavy atom. The van der Waals surface area contributed by atoms with Crippen molar-refractivity contribution in [2.75, 3.05) is 13.7 Å². The Labute approximate surface area is 176 Å². The Bertz CT molecular complexity index is 1270. The Balaban J connectivity index is 1.70. The molecule has 2 aromatic carbocycles. The topological polar surface area (TPSA) is 71.1 Å². The molecule has 0 radical (unpaired) electrons. The number of aryl methyl sites for hydroxylation is 1. The summed E-state index contributed by atoms with van der Waals surface area (Å²) < 4.78 is 24.2. The van der Waals surface area contributed by atoms with Crippen LogP contribution in [0.5, 0.6) is 5.75 Å². The van der Waals surface area contributed by atoms with Gasteiger partial charge < -0.3 is 14.6 Å². The van der Waals surface area contributed by atoms with Crippen molar-refractivity contribution >= 4 is 28.3 Å². The van der Waals surface area contributed by atoms with Crippen LogP contribution in [0.25, 0.3) is 10.9 Å². The van der Waals surface area contributed by atoms with Gasteiger partial charge in [-0.3, -0.25) is 4.79 Å². The average Bonchev–Trinajstić information content (AvgIpc) is 3.36. The van der Waals surface area contributed by atoms with Gasteiger partial charge in [-0.15, -0.1) is 5.10 Å². The fourth-order valence-corrected chi connectivity index (χ4v) is 4.81. The number of halogens is 1. The summed E-state index contributed by atoms with van der Waals surface area (Å²) in [6.45, 7) is 2.24.